The van der Waals surface area contributed by atoms with Gasteiger partial charge in [0.15, 0.2) is 0 Å². The molecule has 0 aromatic carbocycles. The Hall–Kier alpha value is -1.16. The number of rotatable bonds is 4. The van der Waals surface area contributed by atoms with E-state index in [9.17, 15) is 0 Å². The lowest BCUT2D eigenvalue weighted by Gasteiger charge is -2.09. The SMILES string of the molecule is COc1cc(CC(N)C2CC2)ncn1. The fraction of sp³-hybridized carbons (Fsp3) is 0.600. The van der Waals surface area contributed by atoms with E-state index < -0.39 is 0 Å². The van der Waals surface area contributed by atoms with Gasteiger partial charge in [-0.1, -0.05) is 0 Å². The number of ether oxygens (including phenoxy) is 1. The first-order chi connectivity index (χ1) is 6.79. The molecule has 4 heteroatoms. The minimum absolute atomic E-state index is 0.245. The zero-order valence-corrected chi connectivity index (χ0v) is 8.31. The Labute approximate surface area is 83.5 Å². The number of nitrogens with zero attached hydrogens (tertiary/aromatic N) is 2. The molecule has 0 saturated heterocycles. The average Bonchev–Trinajstić information content (AvgIpc) is 3.01. The average molecular weight is 193 g/mol. The van der Waals surface area contributed by atoms with Gasteiger partial charge in [0.05, 0.1) is 7.11 Å². The molecule has 0 amide bonds. The summed E-state index contributed by atoms with van der Waals surface area (Å²) in [6, 6.07) is 2.09. The molecule has 0 radical (unpaired) electrons. The molecule has 1 aromatic heterocycles. The molecule has 1 heterocycles. The molecule has 1 fully saturated rings. The van der Waals surface area contributed by atoms with Crippen LogP contribution in [0.4, 0.5) is 0 Å². The molecule has 2 N–H and O–H groups in total. The molecular weight excluding hydrogens is 178 g/mol. The third-order valence-electron chi connectivity index (χ3n) is 2.58. The van der Waals surface area contributed by atoms with Gasteiger partial charge in [-0.2, -0.15) is 0 Å². The first-order valence-corrected chi connectivity index (χ1v) is 4.90. The maximum atomic E-state index is 6.00. The Morgan fingerprint density at radius 3 is 3.00 bits per heavy atom. The third kappa shape index (κ3) is 2.20. The maximum Gasteiger partial charge on any atom is 0.216 e. The van der Waals surface area contributed by atoms with E-state index in [0.717, 1.165) is 12.1 Å². The van der Waals surface area contributed by atoms with Crippen LogP contribution in [0.2, 0.25) is 0 Å². The van der Waals surface area contributed by atoms with Crippen LogP contribution in [0.3, 0.4) is 0 Å². The predicted molar refractivity (Wildman–Crippen MR) is 53.0 cm³/mol. The van der Waals surface area contributed by atoms with Gasteiger partial charge in [-0.05, 0) is 18.8 Å². The predicted octanol–water partition coefficient (Wildman–Crippen LogP) is 0.765. The van der Waals surface area contributed by atoms with Crippen molar-refractivity contribution in [2.45, 2.75) is 25.3 Å². The lowest BCUT2D eigenvalue weighted by Crippen LogP contribution is -2.25. The van der Waals surface area contributed by atoms with Crippen LogP contribution in [0.15, 0.2) is 12.4 Å². The molecule has 0 spiro atoms. The highest BCUT2D eigenvalue weighted by Gasteiger charge is 2.28. The van der Waals surface area contributed by atoms with Gasteiger partial charge in [-0.25, -0.2) is 9.97 Å². The summed E-state index contributed by atoms with van der Waals surface area (Å²) in [4.78, 5) is 8.12. The van der Waals surface area contributed by atoms with Crippen molar-refractivity contribution in [3.05, 3.63) is 18.1 Å². The van der Waals surface area contributed by atoms with E-state index in [1.807, 2.05) is 6.07 Å². The van der Waals surface area contributed by atoms with Gasteiger partial charge < -0.3 is 10.5 Å². The van der Waals surface area contributed by atoms with E-state index in [4.69, 9.17) is 10.5 Å². The van der Waals surface area contributed by atoms with Gasteiger partial charge in [-0.3, -0.25) is 0 Å². The fourth-order valence-corrected chi connectivity index (χ4v) is 1.53. The van der Waals surface area contributed by atoms with Crippen LogP contribution in [-0.4, -0.2) is 23.1 Å². The summed E-state index contributed by atoms with van der Waals surface area (Å²) in [5.41, 5.74) is 6.97. The van der Waals surface area contributed by atoms with Crippen LogP contribution >= 0.6 is 0 Å². The zero-order valence-electron chi connectivity index (χ0n) is 8.31. The van der Waals surface area contributed by atoms with E-state index in [2.05, 4.69) is 9.97 Å². The Kier molecular flexibility index (Phi) is 2.63. The van der Waals surface area contributed by atoms with Gasteiger partial charge in [0.25, 0.3) is 0 Å². The van der Waals surface area contributed by atoms with E-state index in [0.29, 0.717) is 11.8 Å². The Balaban J connectivity index is 2.00. The minimum atomic E-state index is 0.245. The number of hydrogen-bond donors (Lipinski definition) is 1. The monoisotopic (exact) mass is 193 g/mol. The first kappa shape index (κ1) is 9.40. The van der Waals surface area contributed by atoms with Crippen molar-refractivity contribution in [2.75, 3.05) is 7.11 Å². The Morgan fingerprint density at radius 2 is 2.36 bits per heavy atom. The van der Waals surface area contributed by atoms with Gasteiger partial charge in [-0.15, -0.1) is 0 Å². The Bertz CT molecular complexity index is 312. The molecular formula is C10H15N3O. The molecule has 1 aliphatic rings. The van der Waals surface area contributed by atoms with Crippen LogP contribution < -0.4 is 10.5 Å². The van der Waals surface area contributed by atoms with Gasteiger partial charge in [0.2, 0.25) is 5.88 Å². The largest absolute Gasteiger partial charge is 0.481 e. The summed E-state index contributed by atoms with van der Waals surface area (Å²) in [5, 5.41) is 0. The molecule has 76 valence electrons. The number of methoxy groups -OCH3 is 1. The van der Waals surface area contributed by atoms with Gasteiger partial charge in [0, 0.05) is 24.2 Å². The van der Waals surface area contributed by atoms with Crippen molar-refractivity contribution in [1.82, 2.24) is 9.97 Å². The normalized spacial score (nSPS) is 17.9. The first-order valence-electron chi connectivity index (χ1n) is 4.90. The number of hydrogen-bond acceptors (Lipinski definition) is 4. The highest BCUT2D eigenvalue weighted by molar-refractivity contribution is 5.14. The van der Waals surface area contributed by atoms with Crippen LogP contribution in [0.25, 0.3) is 0 Å². The minimum Gasteiger partial charge on any atom is -0.481 e. The second-order valence-electron chi connectivity index (χ2n) is 3.76. The molecule has 1 unspecified atom stereocenters. The molecule has 1 aliphatic carbocycles. The van der Waals surface area contributed by atoms with E-state index in [1.165, 1.54) is 19.2 Å². The molecule has 1 atom stereocenters. The number of nitrogens with two attached hydrogens (primary N) is 1. The van der Waals surface area contributed by atoms with Crippen LogP contribution in [-0.2, 0) is 6.42 Å². The quantitative estimate of drug-likeness (QED) is 0.767. The maximum absolute atomic E-state index is 6.00. The highest BCUT2D eigenvalue weighted by atomic mass is 16.5. The summed E-state index contributed by atoms with van der Waals surface area (Å²) in [5.74, 6) is 1.31. The summed E-state index contributed by atoms with van der Waals surface area (Å²) < 4.78 is 5.02. The molecule has 2 rings (SSSR count). The molecule has 0 bridgehead atoms. The summed E-state index contributed by atoms with van der Waals surface area (Å²) in [6.07, 6.45) is 4.88. The Morgan fingerprint density at radius 1 is 1.57 bits per heavy atom. The summed E-state index contributed by atoms with van der Waals surface area (Å²) in [6.45, 7) is 0. The summed E-state index contributed by atoms with van der Waals surface area (Å²) in [7, 11) is 1.60. The second kappa shape index (κ2) is 3.92. The number of aromatic nitrogens is 2. The lowest BCUT2D eigenvalue weighted by atomic mass is 10.1. The smallest absolute Gasteiger partial charge is 0.216 e. The van der Waals surface area contributed by atoms with Crippen molar-refractivity contribution in [3.8, 4) is 5.88 Å². The standard InChI is InChI=1S/C10H15N3O/c1-14-10-5-8(12-6-13-10)4-9(11)7-2-3-7/h5-7,9H,2-4,11H2,1H3. The van der Waals surface area contributed by atoms with E-state index >= 15 is 0 Å². The van der Waals surface area contributed by atoms with Crippen molar-refractivity contribution in [3.63, 3.8) is 0 Å². The molecule has 4 nitrogen and oxygen atoms in total. The van der Waals surface area contributed by atoms with Crippen molar-refractivity contribution in [1.29, 1.82) is 0 Å². The topological polar surface area (TPSA) is 61.0 Å². The van der Waals surface area contributed by atoms with Crippen molar-refractivity contribution in [2.24, 2.45) is 11.7 Å². The summed E-state index contributed by atoms with van der Waals surface area (Å²) >= 11 is 0. The van der Waals surface area contributed by atoms with Crippen LogP contribution in [0, 0.1) is 5.92 Å². The fourth-order valence-electron chi connectivity index (χ4n) is 1.53. The third-order valence-corrected chi connectivity index (χ3v) is 2.58. The highest BCUT2D eigenvalue weighted by Crippen LogP contribution is 2.32. The van der Waals surface area contributed by atoms with Crippen LogP contribution in [0.5, 0.6) is 5.88 Å². The molecule has 1 aromatic rings. The van der Waals surface area contributed by atoms with E-state index in [-0.39, 0.29) is 6.04 Å². The van der Waals surface area contributed by atoms with Crippen LogP contribution in [0.1, 0.15) is 18.5 Å². The second-order valence-corrected chi connectivity index (χ2v) is 3.76. The van der Waals surface area contributed by atoms with Crippen molar-refractivity contribution < 1.29 is 4.74 Å². The van der Waals surface area contributed by atoms with Crippen molar-refractivity contribution >= 4 is 0 Å². The van der Waals surface area contributed by atoms with E-state index in [1.54, 1.807) is 7.11 Å². The molecule has 14 heavy (non-hydrogen) atoms. The zero-order chi connectivity index (χ0) is 9.97. The lowest BCUT2D eigenvalue weighted by molar-refractivity contribution is 0.395. The van der Waals surface area contributed by atoms with Gasteiger partial charge in [0.1, 0.15) is 6.33 Å². The van der Waals surface area contributed by atoms with Gasteiger partial charge >= 0.3 is 0 Å². The molecule has 1 saturated carbocycles. The molecule has 0 aliphatic heterocycles.